The number of methoxy groups -OCH3 is 1. The van der Waals surface area contributed by atoms with Gasteiger partial charge in [-0.05, 0) is 36.4 Å². The van der Waals surface area contributed by atoms with Crippen LogP contribution in [0.25, 0.3) is 16.9 Å². The maximum Gasteiger partial charge on any atom is 0.416 e. The van der Waals surface area contributed by atoms with E-state index in [0.717, 1.165) is 12.1 Å². The molecule has 2 heterocycles. The van der Waals surface area contributed by atoms with Gasteiger partial charge in [-0.2, -0.15) is 13.2 Å². The number of halogens is 3. The van der Waals surface area contributed by atoms with Crippen LogP contribution in [0.2, 0.25) is 0 Å². The number of rotatable bonds is 4. The largest absolute Gasteiger partial charge is 0.504 e. The van der Waals surface area contributed by atoms with Crippen molar-refractivity contribution in [3.63, 3.8) is 0 Å². The van der Waals surface area contributed by atoms with E-state index in [0.29, 0.717) is 22.7 Å². The number of imidazole rings is 1. The Bertz CT molecular complexity index is 1190. The maximum atomic E-state index is 13.1. The van der Waals surface area contributed by atoms with E-state index >= 15 is 0 Å². The van der Waals surface area contributed by atoms with Gasteiger partial charge in [0.1, 0.15) is 11.5 Å². The number of benzene rings is 2. The SMILES string of the molecule is COc1cc(-c2nc3cnccn3c2Nc2cccc(C(F)(F)F)c2)ccc1O. The van der Waals surface area contributed by atoms with Crippen LogP contribution in [0.3, 0.4) is 0 Å². The highest BCUT2D eigenvalue weighted by atomic mass is 19.4. The number of fused-ring (bicyclic) bond motifs is 1. The summed E-state index contributed by atoms with van der Waals surface area (Å²) in [5.41, 5.74) is 1.08. The normalized spacial score (nSPS) is 11.6. The van der Waals surface area contributed by atoms with E-state index < -0.39 is 11.7 Å². The molecule has 29 heavy (non-hydrogen) atoms. The third-order valence-corrected chi connectivity index (χ3v) is 4.34. The monoisotopic (exact) mass is 400 g/mol. The third kappa shape index (κ3) is 3.54. The fraction of sp³-hybridized carbons (Fsp3) is 0.100. The minimum atomic E-state index is -4.45. The molecule has 0 saturated carbocycles. The number of phenolic OH excluding ortho intramolecular Hbond substituents is 1. The highest BCUT2D eigenvalue weighted by Crippen LogP contribution is 2.37. The van der Waals surface area contributed by atoms with Crippen LogP contribution in [0.1, 0.15) is 5.56 Å². The predicted octanol–water partition coefficient (Wildman–Crippen LogP) is 4.87. The molecule has 0 radical (unpaired) electrons. The number of aromatic hydroxyl groups is 1. The number of anilines is 2. The summed E-state index contributed by atoms with van der Waals surface area (Å²) in [5, 5.41) is 12.9. The minimum Gasteiger partial charge on any atom is -0.504 e. The van der Waals surface area contributed by atoms with E-state index in [1.807, 2.05) is 0 Å². The van der Waals surface area contributed by atoms with Gasteiger partial charge in [0, 0.05) is 23.6 Å². The van der Waals surface area contributed by atoms with E-state index in [2.05, 4.69) is 15.3 Å². The summed E-state index contributed by atoms with van der Waals surface area (Å²) >= 11 is 0. The van der Waals surface area contributed by atoms with Crippen molar-refractivity contribution in [2.75, 3.05) is 12.4 Å². The van der Waals surface area contributed by atoms with E-state index in [1.54, 1.807) is 35.1 Å². The molecule has 4 aromatic rings. The van der Waals surface area contributed by atoms with Crippen LogP contribution in [0.15, 0.2) is 61.1 Å². The fourth-order valence-corrected chi connectivity index (χ4v) is 2.96. The Kier molecular flexibility index (Phi) is 4.50. The number of alkyl halides is 3. The van der Waals surface area contributed by atoms with Crippen molar-refractivity contribution in [1.82, 2.24) is 14.4 Å². The Balaban J connectivity index is 1.85. The molecule has 0 fully saturated rings. The van der Waals surface area contributed by atoms with Crippen LogP contribution < -0.4 is 10.1 Å². The number of nitrogens with zero attached hydrogens (tertiary/aromatic N) is 3. The van der Waals surface area contributed by atoms with E-state index in [1.165, 1.54) is 25.3 Å². The van der Waals surface area contributed by atoms with Crippen LogP contribution in [0, 0.1) is 0 Å². The van der Waals surface area contributed by atoms with Gasteiger partial charge >= 0.3 is 6.18 Å². The molecule has 0 aliphatic carbocycles. The molecule has 0 aliphatic heterocycles. The number of ether oxygens (including phenoxy) is 1. The Morgan fingerprint density at radius 3 is 2.72 bits per heavy atom. The van der Waals surface area contributed by atoms with Crippen molar-refractivity contribution in [3.8, 4) is 22.8 Å². The molecule has 4 rings (SSSR count). The summed E-state index contributed by atoms with van der Waals surface area (Å²) in [6, 6.07) is 9.62. The van der Waals surface area contributed by atoms with Gasteiger partial charge in [-0.1, -0.05) is 6.07 Å². The second-order valence-electron chi connectivity index (χ2n) is 6.20. The topological polar surface area (TPSA) is 71.7 Å². The fourth-order valence-electron chi connectivity index (χ4n) is 2.96. The molecule has 2 aromatic carbocycles. The highest BCUT2D eigenvalue weighted by molar-refractivity contribution is 5.80. The van der Waals surface area contributed by atoms with Crippen LogP contribution in [-0.4, -0.2) is 26.6 Å². The van der Waals surface area contributed by atoms with Gasteiger partial charge in [0.05, 0.1) is 18.9 Å². The Morgan fingerprint density at radius 2 is 1.97 bits per heavy atom. The summed E-state index contributed by atoms with van der Waals surface area (Å²) < 4.78 is 46.1. The first-order chi connectivity index (χ1) is 13.9. The zero-order chi connectivity index (χ0) is 20.6. The molecule has 6 nitrogen and oxygen atoms in total. The molecule has 148 valence electrons. The maximum absolute atomic E-state index is 13.1. The van der Waals surface area contributed by atoms with E-state index in [4.69, 9.17) is 4.74 Å². The molecule has 9 heteroatoms. The molecule has 0 bridgehead atoms. The molecule has 2 aromatic heterocycles. The average molecular weight is 400 g/mol. The summed E-state index contributed by atoms with van der Waals surface area (Å²) in [6.07, 6.45) is 0.291. The van der Waals surface area contributed by atoms with Gasteiger partial charge in [0.2, 0.25) is 0 Å². The predicted molar refractivity (Wildman–Crippen MR) is 101 cm³/mol. The molecule has 0 spiro atoms. The van der Waals surface area contributed by atoms with E-state index in [-0.39, 0.29) is 17.2 Å². The smallest absolute Gasteiger partial charge is 0.416 e. The molecular weight excluding hydrogens is 385 g/mol. The number of nitrogens with one attached hydrogen (secondary N) is 1. The molecule has 0 amide bonds. The Morgan fingerprint density at radius 1 is 1.14 bits per heavy atom. The van der Waals surface area contributed by atoms with Gasteiger partial charge in [0.25, 0.3) is 0 Å². The molecule has 0 aliphatic rings. The second-order valence-corrected chi connectivity index (χ2v) is 6.20. The van der Waals surface area contributed by atoms with Gasteiger partial charge in [-0.15, -0.1) is 0 Å². The summed E-state index contributed by atoms with van der Waals surface area (Å²) in [5.74, 6) is 0.672. The van der Waals surface area contributed by atoms with Gasteiger partial charge < -0.3 is 15.2 Å². The lowest BCUT2D eigenvalue weighted by Crippen LogP contribution is -2.05. The summed E-state index contributed by atoms with van der Waals surface area (Å²) in [4.78, 5) is 8.57. The second kappa shape index (κ2) is 7.01. The minimum absolute atomic E-state index is 0.0333. The first-order valence-corrected chi connectivity index (χ1v) is 8.50. The quantitative estimate of drug-likeness (QED) is 0.511. The van der Waals surface area contributed by atoms with Crippen LogP contribution in [0.5, 0.6) is 11.5 Å². The number of phenols is 1. The van der Waals surface area contributed by atoms with Gasteiger partial charge in [-0.3, -0.25) is 9.38 Å². The van der Waals surface area contributed by atoms with E-state index in [9.17, 15) is 18.3 Å². The number of hydrogen-bond acceptors (Lipinski definition) is 5. The van der Waals surface area contributed by atoms with Crippen molar-refractivity contribution in [2.45, 2.75) is 6.18 Å². The van der Waals surface area contributed by atoms with Crippen molar-refractivity contribution in [3.05, 3.63) is 66.6 Å². The zero-order valence-corrected chi connectivity index (χ0v) is 15.1. The average Bonchev–Trinajstić information content (AvgIpc) is 3.06. The molecular formula is C20H15F3N4O2. The standard InChI is InChI=1S/C20H15F3N4O2/c1-29-16-9-12(5-6-15(16)28)18-19(27-8-7-24-11-17(27)26-18)25-14-4-2-3-13(10-14)20(21,22)23/h2-11,25,28H,1H3. The molecule has 2 N–H and O–H groups in total. The lowest BCUT2D eigenvalue weighted by molar-refractivity contribution is -0.137. The molecule has 0 unspecified atom stereocenters. The van der Waals surface area contributed by atoms with Crippen molar-refractivity contribution in [2.24, 2.45) is 0 Å². The number of aromatic nitrogens is 3. The summed E-state index contributed by atoms with van der Waals surface area (Å²) in [7, 11) is 1.42. The highest BCUT2D eigenvalue weighted by Gasteiger charge is 2.30. The van der Waals surface area contributed by atoms with Crippen LogP contribution in [-0.2, 0) is 6.18 Å². The van der Waals surface area contributed by atoms with Crippen LogP contribution >= 0.6 is 0 Å². The third-order valence-electron chi connectivity index (χ3n) is 4.34. The van der Waals surface area contributed by atoms with Gasteiger partial charge in [-0.25, -0.2) is 4.98 Å². The lowest BCUT2D eigenvalue weighted by atomic mass is 10.1. The van der Waals surface area contributed by atoms with Crippen molar-refractivity contribution in [1.29, 1.82) is 0 Å². The van der Waals surface area contributed by atoms with Gasteiger partial charge in [0.15, 0.2) is 17.1 Å². The Labute approximate surface area is 163 Å². The van der Waals surface area contributed by atoms with Crippen molar-refractivity contribution >= 4 is 17.2 Å². The molecule has 0 saturated heterocycles. The molecule has 0 atom stereocenters. The lowest BCUT2D eigenvalue weighted by Gasteiger charge is -2.12. The zero-order valence-electron chi connectivity index (χ0n) is 15.1. The number of hydrogen-bond donors (Lipinski definition) is 2. The first kappa shape index (κ1) is 18.6. The summed E-state index contributed by atoms with van der Waals surface area (Å²) in [6.45, 7) is 0. The Hall–Kier alpha value is -3.75. The van der Waals surface area contributed by atoms with Crippen molar-refractivity contribution < 1.29 is 23.0 Å². The first-order valence-electron chi connectivity index (χ1n) is 8.50. The van der Waals surface area contributed by atoms with Crippen LogP contribution in [0.4, 0.5) is 24.7 Å².